The predicted molar refractivity (Wildman–Crippen MR) is 163 cm³/mol. The van der Waals surface area contributed by atoms with Gasteiger partial charge in [-0.2, -0.15) is 0 Å². The van der Waals surface area contributed by atoms with Crippen molar-refractivity contribution in [2.45, 2.75) is 177 Å². The lowest BCUT2D eigenvalue weighted by atomic mass is 9.88. The molecule has 12 atom stereocenters. The molecule has 12 nitrogen and oxygen atoms in total. The molecule has 0 aromatic rings. The van der Waals surface area contributed by atoms with Crippen LogP contribution in [0.2, 0.25) is 0 Å². The Morgan fingerprint density at radius 2 is 0.773 bits per heavy atom. The summed E-state index contributed by atoms with van der Waals surface area (Å²) in [4.78, 5) is 0. The maximum Gasteiger partial charge on any atom is 0.111 e. The Morgan fingerprint density at radius 3 is 1.11 bits per heavy atom. The first-order valence-electron chi connectivity index (χ1n) is 17.0. The van der Waals surface area contributed by atoms with Crippen LogP contribution in [0.5, 0.6) is 0 Å². The van der Waals surface area contributed by atoms with Gasteiger partial charge in [0.2, 0.25) is 0 Å². The van der Waals surface area contributed by atoms with Crippen LogP contribution in [0.15, 0.2) is 0 Å². The van der Waals surface area contributed by atoms with E-state index in [2.05, 4.69) is 13.8 Å². The summed E-state index contributed by atoms with van der Waals surface area (Å²) in [5, 5.41) is 82.4. The Kier molecular flexibility index (Phi) is 20.0. The normalized spacial score (nSPS) is 34.2. The average molecular weight is 639 g/mol. The van der Waals surface area contributed by atoms with Gasteiger partial charge < -0.3 is 59.8 Å². The van der Waals surface area contributed by atoms with E-state index < -0.39 is 86.5 Å². The molecular formula is C32H62O12. The fraction of sp³-hybridized carbons (Fsp3) is 1.00. The summed E-state index contributed by atoms with van der Waals surface area (Å²) in [6, 6.07) is 0. The van der Waals surface area contributed by atoms with Crippen molar-refractivity contribution < 1.29 is 59.8 Å². The lowest BCUT2D eigenvalue weighted by Crippen LogP contribution is -2.60. The minimum absolute atomic E-state index is 0.0515. The molecule has 0 bridgehead atoms. The Hall–Kier alpha value is -0.480. The zero-order chi connectivity index (χ0) is 32.5. The number of rotatable bonds is 23. The number of ether oxygens (including phenoxy) is 4. The molecule has 2 saturated heterocycles. The molecule has 262 valence electrons. The lowest BCUT2D eigenvalue weighted by molar-refractivity contribution is -0.247. The first-order chi connectivity index (χ1) is 21.2. The molecule has 2 fully saturated rings. The maximum atomic E-state index is 10.8. The Bertz CT molecular complexity index is 655. The standard InChI is InChI=1S/C32H62O12/c1-3-5-7-9-11-13-15-41-21(17-23-27(35)31(39)29(37)25(19-33)43-23)22(42-16-14-12-10-8-6-4-2)18-24-28(36)32(40)30(38)26(20-34)44-24/h21-40H,3-20H2,1-2H3/t21-,22+,23-,24-,25+,26+,27-,28-,29+,30+,31+,32+/m0/s1. The fourth-order valence-corrected chi connectivity index (χ4v) is 6.09. The molecule has 0 aromatic heterocycles. The molecule has 2 heterocycles. The number of unbranched alkanes of at least 4 members (excludes halogenated alkanes) is 10. The van der Waals surface area contributed by atoms with Crippen LogP contribution in [-0.2, 0) is 18.9 Å². The SMILES string of the molecule is CCCCCCCCO[C@@H](C[C@@H]1O[C@H](CO)[C@@H](O)[C@H](O)[C@H]1O)[C@@H](C[C@@H]1O[C@H](CO)[C@@H](O)[C@H](O)[C@H]1O)OCCCCCCCC. The van der Waals surface area contributed by atoms with Crippen LogP contribution in [0.3, 0.4) is 0 Å². The van der Waals surface area contributed by atoms with E-state index in [0.29, 0.717) is 13.2 Å². The van der Waals surface area contributed by atoms with Crippen molar-refractivity contribution in [1.82, 2.24) is 0 Å². The van der Waals surface area contributed by atoms with Gasteiger partial charge >= 0.3 is 0 Å². The van der Waals surface area contributed by atoms with Crippen molar-refractivity contribution in [1.29, 1.82) is 0 Å². The lowest BCUT2D eigenvalue weighted by Gasteiger charge is -2.43. The van der Waals surface area contributed by atoms with E-state index >= 15 is 0 Å². The molecule has 0 amide bonds. The minimum atomic E-state index is -1.53. The number of hydrogen-bond acceptors (Lipinski definition) is 12. The van der Waals surface area contributed by atoms with Gasteiger partial charge in [0.1, 0.15) is 48.8 Å². The highest BCUT2D eigenvalue weighted by Crippen LogP contribution is 2.30. The van der Waals surface area contributed by atoms with Crippen molar-refractivity contribution in [3.63, 3.8) is 0 Å². The monoisotopic (exact) mass is 638 g/mol. The van der Waals surface area contributed by atoms with Crippen LogP contribution >= 0.6 is 0 Å². The van der Waals surface area contributed by atoms with Crippen molar-refractivity contribution in [3.05, 3.63) is 0 Å². The molecule has 8 N–H and O–H groups in total. The van der Waals surface area contributed by atoms with E-state index in [0.717, 1.165) is 64.2 Å². The highest BCUT2D eigenvalue weighted by Gasteiger charge is 2.47. The highest BCUT2D eigenvalue weighted by atomic mass is 16.6. The first-order valence-corrected chi connectivity index (χ1v) is 17.0. The van der Waals surface area contributed by atoms with Gasteiger partial charge in [-0.05, 0) is 12.8 Å². The van der Waals surface area contributed by atoms with Crippen LogP contribution in [0.25, 0.3) is 0 Å². The molecule has 0 aliphatic carbocycles. The largest absolute Gasteiger partial charge is 0.394 e. The molecule has 2 aliphatic rings. The van der Waals surface area contributed by atoms with E-state index in [4.69, 9.17) is 18.9 Å². The van der Waals surface area contributed by atoms with E-state index in [-0.39, 0.29) is 12.8 Å². The summed E-state index contributed by atoms with van der Waals surface area (Å²) in [7, 11) is 0. The van der Waals surface area contributed by atoms with E-state index in [9.17, 15) is 40.9 Å². The number of aliphatic hydroxyl groups is 8. The molecule has 0 aromatic carbocycles. The third kappa shape index (κ3) is 12.6. The minimum Gasteiger partial charge on any atom is -0.394 e. The van der Waals surface area contributed by atoms with Crippen molar-refractivity contribution in [3.8, 4) is 0 Å². The van der Waals surface area contributed by atoms with Crippen molar-refractivity contribution >= 4 is 0 Å². The number of aliphatic hydroxyl groups excluding tert-OH is 8. The van der Waals surface area contributed by atoms with Crippen LogP contribution < -0.4 is 0 Å². The second-order valence-electron chi connectivity index (χ2n) is 12.6. The van der Waals surface area contributed by atoms with Crippen molar-refractivity contribution in [2.24, 2.45) is 0 Å². The van der Waals surface area contributed by atoms with Gasteiger partial charge in [-0.25, -0.2) is 0 Å². The highest BCUT2D eigenvalue weighted by molar-refractivity contribution is 4.96. The summed E-state index contributed by atoms with van der Waals surface area (Å²) in [5.74, 6) is 0. The topological polar surface area (TPSA) is 199 Å². The first kappa shape index (κ1) is 39.7. The smallest absolute Gasteiger partial charge is 0.111 e. The van der Waals surface area contributed by atoms with Gasteiger partial charge in [0.15, 0.2) is 0 Å². The second-order valence-corrected chi connectivity index (χ2v) is 12.6. The summed E-state index contributed by atoms with van der Waals surface area (Å²) in [6.07, 6.45) is -1.72. The van der Waals surface area contributed by atoms with E-state index in [1.165, 1.54) is 12.8 Å². The predicted octanol–water partition coefficient (Wildman–Crippen LogP) is 0.943. The van der Waals surface area contributed by atoms with Gasteiger partial charge in [0.05, 0.1) is 37.6 Å². The Balaban J connectivity index is 2.22. The molecule has 44 heavy (non-hydrogen) atoms. The maximum absolute atomic E-state index is 10.8. The molecule has 2 rings (SSSR count). The van der Waals surface area contributed by atoms with Crippen LogP contribution in [-0.4, -0.2) is 141 Å². The zero-order valence-electron chi connectivity index (χ0n) is 26.9. The van der Waals surface area contributed by atoms with Gasteiger partial charge in [0.25, 0.3) is 0 Å². The van der Waals surface area contributed by atoms with Gasteiger partial charge in [-0.1, -0.05) is 78.1 Å². The molecule has 0 saturated carbocycles. The second kappa shape index (κ2) is 22.2. The summed E-state index contributed by atoms with van der Waals surface area (Å²) in [6.45, 7) is 4.00. The van der Waals surface area contributed by atoms with Gasteiger partial charge in [-0.3, -0.25) is 0 Å². The molecule has 0 unspecified atom stereocenters. The molecular weight excluding hydrogens is 576 g/mol. The van der Waals surface area contributed by atoms with Crippen LogP contribution in [0.1, 0.15) is 104 Å². The zero-order valence-corrected chi connectivity index (χ0v) is 26.9. The quantitative estimate of drug-likeness (QED) is 0.0739. The van der Waals surface area contributed by atoms with Crippen LogP contribution in [0.4, 0.5) is 0 Å². The summed E-state index contributed by atoms with van der Waals surface area (Å²) >= 11 is 0. The van der Waals surface area contributed by atoms with Gasteiger partial charge in [0, 0.05) is 26.1 Å². The Labute approximate surface area is 263 Å². The molecule has 12 heteroatoms. The third-order valence-electron chi connectivity index (χ3n) is 8.99. The van der Waals surface area contributed by atoms with E-state index in [1.807, 2.05) is 0 Å². The van der Waals surface area contributed by atoms with Crippen LogP contribution in [0, 0.1) is 0 Å². The number of hydrogen-bond donors (Lipinski definition) is 8. The van der Waals surface area contributed by atoms with E-state index in [1.54, 1.807) is 0 Å². The summed E-state index contributed by atoms with van der Waals surface area (Å²) < 4.78 is 24.3. The molecule has 0 radical (unpaired) electrons. The summed E-state index contributed by atoms with van der Waals surface area (Å²) in [5.41, 5.74) is 0. The molecule has 2 aliphatic heterocycles. The molecule has 0 spiro atoms. The Morgan fingerprint density at radius 1 is 0.455 bits per heavy atom. The van der Waals surface area contributed by atoms with Gasteiger partial charge in [-0.15, -0.1) is 0 Å². The fourth-order valence-electron chi connectivity index (χ4n) is 6.09. The third-order valence-corrected chi connectivity index (χ3v) is 8.99. The van der Waals surface area contributed by atoms with Crippen molar-refractivity contribution in [2.75, 3.05) is 26.4 Å². The average Bonchev–Trinajstić information content (AvgIpc) is 3.02.